The highest BCUT2D eigenvalue weighted by Gasteiger charge is 1.93. The molecule has 0 bridgehead atoms. The van der Waals surface area contributed by atoms with Gasteiger partial charge in [-0.2, -0.15) is 0 Å². The fourth-order valence-corrected chi connectivity index (χ4v) is 0.891. The van der Waals surface area contributed by atoms with Crippen LogP contribution in [0.2, 0.25) is 0 Å². The van der Waals surface area contributed by atoms with Gasteiger partial charge >= 0.3 is 0 Å². The maximum Gasteiger partial charge on any atom is 0.0931 e. The van der Waals surface area contributed by atoms with Crippen LogP contribution in [-0.4, -0.2) is 29.1 Å². The van der Waals surface area contributed by atoms with Gasteiger partial charge in [-0.05, 0) is 20.1 Å². The highest BCUT2D eigenvalue weighted by molar-refractivity contribution is 8.13. The number of rotatable bonds is 2. The van der Waals surface area contributed by atoms with E-state index in [1.807, 2.05) is 20.1 Å². The number of hydrogen-bond acceptors (Lipinski definition) is 3. The largest absolute Gasteiger partial charge is 0.390 e. The van der Waals surface area contributed by atoms with E-state index in [9.17, 15) is 0 Å². The molecule has 0 aliphatic heterocycles. The lowest BCUT2D eigenvalue weighted by atomic mass is 10.4. The van der Waals surface area contributed by atoms with Crippen LogP contribution < -0.4 is 0 Å². The summed E-state index contributed by atoms with van der Waals surface area (Å²) in [7, 11) is 0. The molecule has 0 aromatic rings. The van der Waals surface area contributed by atoms with Crippen molar-refractivity contribution in [3.63, 3.8) is 0 Å². The lowest BCUT2D eigenvalue weighted by Crippen LogP contribution is -2.02. The number of aliphatic hydroxyl groups excluding tert-OH is 1. The Hall–Kier alpha value is -0.0200. The summed E-state index contributed by atoms with van der Waals surface area (Å²) in [6.07, 6.45) is 1.91. The van der Waals surface area contributed by atoms with Gasteiger partial charge in [0.1, 0.15) is 0 Å². The van der Waals surface area contributed by atoms with E-state index in [2.05, 4.69) is 4.99 Å². The molecule has 0 rings (SSSR count). The molecule has 3 heteroatoms. The molecule has 0 atom stereocenters. The van der Waals surface area contributed by atoms with Gasteiger partial charge in [0, 0.05) is 6.04 Å². The summed E-state index contributed by atoms with van der Waals surface area (Å²) in [5.41, 5.74) is 0. The predicted molar refractivity (Wildman–Crippen MR) is 43.2 cm³/mol. The maximum absolute atomic E-state index is 8.62. The van der Waals surface area contributed by atoms with Crippen LogP contribution in [0.3, 0.4) is 0 Å². The van der Waals surface area contributed by atoms with Gasteiger partial charge in [0.15, 0.2) is 0 Å². The molecule has 0 radical (unpaired) electrons. The molecule has 0 aliphatic rings. The minimum Gasteiger partial charge on any atom is -0.390 e. The van der Waals surface area contributed by atoms with Crippen LogP contribution in [0.5, 0.6) is 0 Å². The lowest BCUT2D eigenvalue weighted by molar-refractivity contribution is 0.359. The van der Waals surface area contributed by atoms with Crippen molar-refractivity contribution in [2.75, 3.05) is 12.9 Å². The molecule has 9 heavy (non-hydrogen) atoms. The van der Waals surface area contributed by atoms with Crippen molar-refractivity contribution in [3.05, 3.63) is 0 Å². The molecule has 54 valence electrons. The highest BCUT2D eigenvalue weighted by atomic mass is 32.2. The molecule has 0 aliphatic carbocycles. The van der Waals surface area contributed by atoms with Crippen molar-refractivity contribution in [3.8, 4) is 0 Å². The topological polar surface area (TPSA) is 32.6 Å². The molecule has 0 fully saturated rings. The molecule has 0 spiro atoms. The second-order valence-electron chi connectivity index (χ2n) is 1.98. The fourth-order valence-electron chi connectivity index (χ4n) is 0.446. The van der Waals surface area contributed by atoms with Gasteiger partial charge < -0.3 is 5.11 Å². The van der Waals surface area contributed by atoms with E-state index < -0.39 is 0 Å². The summed E-state index contributed by atoms with van der Waals surface area (Å²) >= 11 is 1.50. The maximum atomic E-state index is 8.62. The van der Waals surface area contributed by atoms with Crippen LogP contribution in [0.1, 0.15) is 13.8 Å². The fraction of sp³-hybridized carbons (Fsp3) is 0.833. The van der Waals surface area contributed by atoms with Crippen LogP contribution in [-0.2, 0) is 0 Å². The minimum absolute atomic E-state index is 0.0688. The van der Waals surface area contributed by atoms with Gasteiger partial charge in [0.05, 0.1) is 11.7 Å². The summed E-state index contributed by atoms with van der Waals surface area (Å²) in [6.45, 7) is 4.05. The summed E-state index contributed by atoms with van der Waals surface area (Å²) < 4.78 is 0. The first-order chi connectivity index (χ1) is 4.20. The molecule has 1 N–H and O–H groups in total. The molecule has 0 unspecified atom stereocenters. The van der Waals surface area contributed by atoms with Gasteiger partial charge in [-0.25, -0.2) is 0 Å². The first-order valence-electron chi connectivity index (χ1n) is 2.92. The molecule has 0 amide bonds. The zero-order valence-electron chi connectivity index (χ0n) is 6.09. The summed E-state index contributed by atoms with van der Waals surface area (Å²) in [5.74, 6) is 0. The average Bonchev–Trinajstić information content (AvgIpc) is 1.82. The molecule has 0 aromatic carbocycles. The van der Waals surface area contributed by atoms with E-state index in [0.29, 0.717) is 6.04 Å². The molecular formula is C6H13NOS. The number of aliphatic hydroxyl groups is 1. The monoisotopic (exact) mass is 147 g/mol. The molecule has 0 saturated heterocycles. The van der Waals surface area contributed by atoms with Crippen LogP contribution in [0, 0.1) is 0 Å². The summed E-state index contributed by atoms with van der Waals surface area (Å²) in [4.78, 5) is 4.14. The third kappa shape index (κ3) is 4.48. The number of thioether (sulfide) groups is 1. The Kier molecular flexibility index (Phi) is 4.81. The number of nitrogens with zero attached hydrogens (tertiary/aromatic N) is 1. The third-order valence-electron chi connectivity index (χ3n) is 0.773. The molecule has 0 aromatic heterocycles. The quantitative estimate of drug-likeness (QED) is 0.469. The van der Waals surface area contributed by atoms with Crippen molar-refractivity contribution >= 4 is 16.8 Å². The van der Waals surface area contributed by atoms with Crippen molar-refractivity contribution in [2.24, 2.45) is 4.99 Å². The molecule has 2 nitrogen and oxygen atoms in total. The van der Waals surface area contributed by atoms with Crippen molar-refractivity contribution < 1.29 is 5.11 Å². The highest BCUT2D eigenvalue weighted by Crippen LogP contribution is 1.99. The van der Waals surface area contributed by atoms with Crippen LogP contribution >= 0.6 is 11.8 Å². The number of aliphatic imine (C=N–C) groups is 1. The van der Waals surface area contributed by atoms with E-state index in [1.165, 1.54) is 11.8 Å². The summed E-state index contributed by atoms with van der Waals surface area (Å²) in [5, 5.41) is 9.43. The zero-order chi connectivity index (χ0) is 7.28. The van der Waals surface area contributed by atoms with Crippen molar-refractivity contribution in [1.82, 2.24) is 0 Å². The Labute approximate surface area is 60.4 Å². The van der Waals surface area contributed by atoms with Gasteiger partial charge in [0.25, 0.3) is 0 Å². The normalized spacial score (nSPS) is 12.8. The van der Waals surface area contributed by atoms with Gasteiger partial charge in [-0.15, -0.1) is 11.8 Å². The average molecular weight is 147 g/mol. The van der Waals surface area contributed by atoms with Crippen LogP contribution in [0.25, 0.3) is 0 Å². The van der Waals surface area contributed by atoms with Crippen molar-refractivity contribution in [1.29, 1.82) is 0 Å². The van der Waals surface area contributed by atoms with Gasteiger partial charge in [0.2, 0.25) is 0 Å². The first-order valence-corrected chi connectivity index (χ1v) is 4.14. The Morgan fingerprint density at radius 2 is 2.22 bits per heavy atom. The standard InChI is InChI=1S/C6H13NOS/c1-5(2)7-6(4-8)9-3/h5,8H,4H2,1-3H3. The van der Waals surface area contributed by atoms with Crippen LogP contribution in [0.15, 0.2) is 4.99 Å². The third-order valence-corrected chi connectivity index (χ3v) is 1.48. The van der Waals surface area contributed by atoms with E-state index in [1.54, 1.807) is 0 Å². The second-order valence-corrected chi connectivity index (χ2v) is 2.86. The Balaban J connectivity index is 3.75. The van der Waals surface area contributed by atoms with Crippen LogP contribution in [0.4, 0.5) is 0 Å². The second kappa shape index (κ2) is 4.82. The predicted octanol–water partition coefficient (Wildman–Crippen LogP) is 1.15. The smallest absolute Gasteiger partial charge is 0.0931 e. The van der Waals surface area contributed by atoms with Crippen molar-refractivity contribution in [2.45, 2.75) is 19.9 Å². The minimum atomic E-state index is 0.0688. The molecular weight excluding hydrogens is 134 g/mol. The van der Waals surface area contributed by atoms with E-state index in [0.717, 1.165) is 5.04 Å². The van der Waals surface area contributed by atoms with E-state index in [-0.39, 0.29) is 6.61 Å². The lowest BCUT2D eigenvalue weighted by Gasteiger charge is -1.99. The Bertz CT molecular complexity index is 95.2. The number of hydrogen-bond donors (Lipinski definition) is 1. The van der Waals surface area contributed by atoms with Gasteiger partial charge in [-0.3, -0.25) is 4.99 Å². The molecule has 0 heterocycles. The SMILES string of the molecule is CSC(CO)=NC(C)C. The Morgan fingerprint density at radius 3 is 2.33 bits per heavy atom. The van der Waals surface area contributed by atoms with Gasteiger partial charge in [-0.1, -0.05) is 0 Å². The Morgan fingerprint density at radius 1 is 1.67 bits per heavy atom. The van der Waals surface area contributed by atoms with E-state index in [4.69, 9.17) is 5.11 Å². The van der Waals surface area contributed by atoms with E-state index >= 15 is 0 Å². The molecule has 0 saturated carbocycles. The summed E-state index contributed by atoms with van der Waals surface area (Å²) in [6, 6.07) is 0.291. The first kappa shape index (κ1) is 8.98. The zero-order valence-corrected chi connectivity index (χ0v) is 6.90.